The molecule has 0 aliphatic carbocycles. The van der Waals surface area contributed by atoms with E-state index >= 15 is 0 Å². The van der Waals surface area contributed by atoms with Gasteiger partial charge in [-0.15, -0.1) is 0 Å². The fourth-order valence-electron chi connectivity index (χ4n) is 1.26. The zero-order valence-electron chi connectivity index (χ0n) is 7.41. The van der Waals surface area contributed by atoms with Crippen LogP contribution in [0.5, 0.6) is 0 Å². The fourth-order valence-corrected chi connectivity index (χ4v) is 1.26. The number of nitrogens with zero attached hydrogens (tertiary/aromatic N) is 3. The highest BCUT2D eigenvalue weighted by atomic mass is 16.4. The van der Waals surface area contributed by atoms with Gasteiger partial charge in [-0.05, 0) is 24.3 Å². The van der Waals surface area contributed by atoms with Gasteiger partial charge in [-0.1, -0.05) is 11.2 Å². The molecule has 70 valence electrons. The second-order valence-corrected chi connectivity index (χ2v) is 2.74. The Balaban J connectivity index is 2.47. The van der Waals surface area contributed by atoms with Crippen molar-refractivity contribution in [3.63, 3.8) is 0 Å². The minimum Gasteiger partial charge on any atom is -0.411 e. The average Bonchev–Trinajstić information content (AvgIpc) is 2.68. The van der Waals surface area contributed by atoms with E-state index in [9.17, 15) is 0 Å². The third kappa shape index (κ3) is 1.50. The molecule has 0 saturated carbocycles. The molecule has 0 spiro atoms. The maximum absolute atomic E-state index is 8.45. The molecule has 2 heterocycles. The molecular weight excluding hydrogens is 178 g/mol. The first-order valence-electron chi connectivity index (χ1n) is 4.18. The Morgan fingerprint density at radius 1 is 1.29 bits per heavy atom. The first-order valence-corrected chi connectivity index (χ1v) is 4.18. The van der Waals surface area contributed by atoms with Crippen molar-refractivity contribution in [2.75, 3.05) is 0 Å². The minimum atomic E-state index is 0.784. The number of hydrogen-bond acceptors (Lipinski definition) is 3. The highest BCUT2D eigenvalue weighted by Crippen LogP contribution is 2.07. The fraction of sp³-hybridized carbons (Fsp3) is 0. The van der Waals surface area contributed by atoms with E-state index in [1.165, 1.54) is 6.21 Å². The van der Waals surface area contributed by atoms with Crippen LogP contribution in [0.2, 0.25) is 0 Å². The standard InChI is InChI=1S/C10H9N3O/c14-12-8-9-4-3-7-13(9)10-5-1-2-6-11-10/h1-8,14H/b12-8-. The largest absolute Gasteiger partial charge is 0.411 e. The van der Waals surface area contributed by atoms with Crippen LogP contribution in [0.25, 0.3) is 5.82 Å². The Morgan fingerprint density at radius 2 is 2.21 bits per heavy atom. The first kappa shape index (κ1) is 8.50. The lowest BCUT2D eigenvalue weighted by Gasteiger charge is -2.03. The first-order chi connectivity index (χ1) is 6.92. The molecule has 0 aliphatic rings. The number of aromatic nitrogens is 2. The lowest BCUT2D eigenvalue weighted by molar-refractivity contribution is 0.321. The zero-order valence-corrected chi connectivity index (χ0v) is 7.41. The van der Waals surface area contributed by atoms with E-state index in [1.807, 2.05) is 41.1 Å². The maximum atomic E-state index is 8.45. The number of oxime groups is 1. The molecule has 4 heteroatoms. The van der Waals surface area contributed by atoms with Gasteiger partial charge in [-0.25, -0.2) is 4.98 Å². The average molecular weight is 187 g/mol. The molecule has 0 unspecified atom stereocenters. The summed E-state index contributed by atoms with van der Waals surface area (Å²) in [6.07, 6.45) is 4.95. The van der Waals surface area contributed by atoms with Crippen LogP contribution in [0, 0.1) is 0 Å². The predicted molar refractivity (Wildman–Crippen MR) is 52.9 cm³/mol. The number of rotatable bonds is 2. The van der Waals surface area contributed by atoms with Crippen molar-refractivity contribution in [1.82, 2.24) is 9.55 Å². The van der Waals surface area contributed by atoms with Gasteiger partial charge in [0.05, 0.1) is 11.9 Å². The van der Waals surface area contributed by atoms with Gasteiger partial charge in [-0.2, -0.15) is 0 Å². The third-order valence-corrected chi connectivity index (χ3v) is 1.87. The third-order valence-electron chi connectivity index (χ3n) is 1.87. The lowest BCUT2D eigenvalue weighted by Crippen LogP contribution is -1.99. The van der Waals surface area contributed by atoms with Crippen molar-refractivity contribution >= 4 is 6.21 Å². The van der Waals surface area contributed by atoms with E-state index in [0.29, 0.717) is 0 Å². The summed E-state index contributed by atoms with van der Waals surface area (Å²) in [7, 11) is 0. The molecule has 2 aromatic heterocycles. The zero-order chi connectivity index (χ0) is 9.80. The molecule has 0 fully saturated rings. The van der Waals surface area contributed by atoms with Gasteiger partial charge in [0.1, 0.15) is 5.82 Å². The van der Waals surface area contributed by atoms with Crippen LogP contribution in [-0.2, 0) is 0 Å². The molecule has 1 N–H and O–H groups in total. The lowest BCUT2D eigenvalue weighted by atomic mass is 10.4. The number of pyridine rings is 1. The summed E-state index contributed by atoms with van der Waals surface area (Å²) in [6, 6.07) is 9.35. The van der Waals surface area contributed by atoms with Crippen LogP contribution in [0.15, 0.2) is 47.9 Å². The molecule has 0 aromatic carbocycles. The second-order valence-electron chi connectivity index (χ2n) is 2.74. The van der Waals surface area contributed by atoms with Crippen LogP contribution < -0.4 is 0 Å². The van der Waals surface area contributed by atoms with Crippen molar-refractivity contribution in [3.05, 3.63) is 48.4 Å². The Hall–Kier alpha value is -2.10. The van der Waals surface area contributed by atoms with E-state index in [1.54, 1.807) is 6.20 Å². The molecule has 14 heavy (non-hydrogen) atoms. The summed E-state index contributed by atoms with van der Waals surface area (Å²) < 4.78 is 1.83. The Bertz CT molecular complexity index is 434. The summed E-state index contributed by atoms with van der Waals surface area (Å²) in [6.45, 7) is 0. The number of hydrogen-bond donors (Lipinski definition) is 1. The Morgan fingerprint density at radius 3 is 2.93 bits per heavy atom. The van der Waals surface area contributed by atoms with Gasteiger partial charge in [0.2, 0.25) is 0 Å². The summed E-state index contributed by atoms with van der Waals surface area (Å²) in [5.41, 5.74) is 0.784. The van der Waals surface area contributed by atoms with E-state index in [-0.39, 0.29) is 0 Å². The summed E-state index contributed by atoms with van der Waals surface area (Å²) in [4.78, 5) is 4.18. The van der Waals surface area contributed by atoms with Gasteiger partial charge < -0.3 is 9.77 Å². The van der Waals surface area contributed by atoms with Crippen LogP contribution >= 0.6 is 0 Å². The molecule has 2 rings (SSSR count). The van der Waals surface area contributed by atoms with Crippen LogP contribution in [-0.4, -0.2) is 21.0 Å². The van der Waals surface area contributed by atoms with Gasteiger partial charge in [-0.3, -0.25) is 0 Å². The Labute approximate surface area is 81.1 Å². The van der Waals surface area contributed by atoms with Crippen molar-refractivity contribution in [2.45, 2.75) is 0 Å². The molecule has 0 aliphatic heterocycles. The van der Waals surface area contributed by atoms with Crippen LogP contribution in [0.1, 0.15) is 5.69 Å². The quantitative estimate of drug-likeness (QED) is 0.441. The second kappa shape index (κ2) is 3.74. The highest BCUT2D eigenvalue weighted by Gasteiger charge is 2.00. The van der Waals surface area contributed by atoms with Gasteiger partial charge in [0.25, 0.3) is 0 Å². The molecule has 0 saturated heterocycles. The molecule has 2 aromatic rings. The maximum Gasteiger partial charge on any atom is 0.137 e. The van der Waals surface area contributed by atoms with Crippen molar-refractivity contribution < 1.29 is 5.21 Å². The monoisotopic (exact) mass is 187 g/mol. The highest BCUT2D eigenvalue weighted by molar-refractivity contribution is 5.77. The predicted octanol–water partition coefficient (Wildman–Crippen LogP) is 1.68. The normalized spacial score (nSPS) is 10.9. The summed E-state index contributed by atoms with van der Waals surface area (Å²) >= 11 is 0. The van der Waals surface area contributed by atoms with E-state index in [4.69, 9.17) is 5.21 Å². The smallest absolute Gasteiger partial charge is 0.137 e. The molecule has 0 bridgehead atoms. The molecule has 4 nitrogen and oxygen atoms in total. The van der Waals surface area contributed by atoms with E-state index in [2.05, 4.69) is 10.1 Å². The van der Waals surface area contributed by atoms with Crippen molar-refractivity contribution in [3.8, 4) is 5.82 Å². The van der Waals surface area contributed by atoms with Crippen molar-refractivity contribution in [1.29, 1.82) is 0 Å². The van der Waals surface area contributed by atoms with Crippen LogP contribution in [0.3, 0.4) is 0 Å². The topological polar surface area (TPSA) is 50.4 Å². The van der Waals surface area contributed by atoms with E-state index in [0.717, 1.165) is 11.5 Å². The van der Waals surface area contributed by atoms with Gasteiger partial charge in [0, 0.05) is 12.4 Å². The molecule has 0 atom stereocenters. The molecular formula is C10H9N3O. The SMILES string of the molecule is O/N=C\c1cccn1-c1ccccn1. The van der Waals surface area contributed by atoms with Crippen LogP contribution in [0.4, 0.5) is 0 Å². The van der Waals surface area contributed by atoms with Gasteiger partial charge in [0.15, 0.2) is 0 Å². The Kier molecular flexibility index (Phi) is 2.27. The minimum absolute atomic E-state index is 0.784. The summed E-state index contributed by atoms with van der Waals surface area (Å²) in [5.74, 6) is 0.799. The van der Waals surface area contributed by atoms with Gasteiger partial charge >= 0.3 is 0 Å². The van der Waals surface area contributed by atoms with Crippen molar-refractivity contribution in [2.24, 2.45) is 5.16 Å². The molecule has 0 amide bonds. The summed E-state index contributed by atoms with van der Waals surface area (Å²) in [5, 5.41) is 11.4. The molecule has 0 radical (unpaired) electrons. The van der Waals surface area contributed by atoms with E-state index < -0.39 is 0 Å².